The number of carbonyl (C=O) groups excluding carboxylic acids is 3. The molecule has 4 N–H and O–H groups in total. The molecule has 136 valence electrons. The summed E-state index contributed by atoms with van der Waals surface area (Å²) >= 11 is 2.52. The Morgan fingerprint density at radius 2 is 2.31 bits per heavy atom. The van der Waals surface area contributed by atoms with Crippen LogP contribution in [0.25, 0.3) is 0 Å². The number of ether oxygens (including phenoxy) is 1. The summed E-state index contributed by atoms with van der Waals surface area (Å²) in [5.74, 6) is -1.15. The van der Waals surface area contributed by atoms with Gasteiger partial charge in [0.05, 0.1) is 0 Å². The second kappa shape index (κ2) is 5.99. The highest BCUT2D eigenvalue weighted by Gasteiger charge is 2.56. The van der Waals surface area contributed by atoms with Crippen LogP contribution in [0.15, 0.2) is 21.8 Å². The molecule has 4 rings (SSSR count). The van der Waals surface area contributed by atoms with E-state index in [1.165, 1.54) is 22.0 Å². The van der Waals surface area contributed by atoms with E-state index in [0.29, 0.717) is 5.75 Å². The number of esters is 1. The minimum Gasteiger partial charge on any atom is -0.453 e. The van der Waals surface area contributed by atoms with E-state index in [4.69, 9.17) is 15.7 Å². The fraction of sp³-hybridized carbons (Fsp3) is 0.357. The first kappa shape index (κ1) is 16.8. The Labute approximate surface area is 155 Å². The minimum atomic E-state index is -0.835. The van der Waals surface area contributed by atoms with Crippen LogP contribution in [-0.2, 0) is 19.1 Å². The molecule has 0 aliphatic carbocycles. The topological polar surface area (TPSA) is 147 Å². The van der Waals surface area contributed by atoms with Gasteiger partial charge in [0, 0.05) is 16.7 Å². The number of carbonyl (C=O) groups is 3. The number of nitrogens with one attached hydrogen (secondary N) is 1. The summed E-state index contributed by atoms with van der Waals surface area (Å²) in [6, 6.07) is -0.835. The summed E-state index contributed by atoms with van der Waals surface area (Å²) in [5, 5.41) is 15.9. The van der Waals surface area contributed by atoms with Gasteiger partial charge in [0.2, 0.25) is 0 Å². The third kappa shape index (κ3) is 2.36. The fourth-order valence-corrected chi connectivity index (χ4v) is 5.05. The van der Waals surface area contributed by atoms with Gasteiger partial charge in [-0.1, -0.05) is 5.16 Å². The van der Waals surface area contributed by atoms with Crippen molar-refractivity contribution in [2.75, 3.05) is 11.5 Å². The van der Waals surface area contributed by atoms with Crippen molar-refractivity contribution in [2.24, 2.45) is 5.16 Å². The number of hydrogen-bond donors (Lipinski definition) is 3. The van der Waals surface area contributed by atoms with Crippen LogP contribution >= 0.6 is 23.1 Å². The number of aromatic nitrogens is 1. The molecule has 1 unspecified atom stereocenters. The molecule has 26 heavy (non-hydrogen) atoms. The summed E-state index contributed by atoms with van der Waals surface area (Å²) in [7, 11) is 0. The molecule has 1 fully saturated rings. The number of rotatable bonds is 3. The first-order chi connectivity index (χ1) is 12.4. The third-order valence-corrected chi connectivity index (χ3v) is 6.31. The van der Waals surface area contributed by atoms with E-state index >= 15 is 0 Å². The highest BCUT2D eigenvalue weighted by molar-refractivity contribution is 8.00. The van der Waals surface area contributed by atoms with Gasteiger partial charge in [-0.15, -0.1) is 23.1 Å². The SMILES string of the molecule is CC1OC(=O)C2=C1CS[C@@H]1[C@H](NC(=O)C(=NO)c3csc(N)n3)C(=O)N21. The average molecular weight is 395 g/mol. The predicted octanol–water partition coefficient (Wildman–Crippen LogP) is -0.497. The largest absolute Gasteiger partial charge is 0.453 e. The summed E-state index contributed by atoms with van der Waals surface area (Å²) in [6.45, 7) is 1.76. The van der Waals surface area contributed by atoms with E-state index in [1.54, 1.807) is 6.92 Å². The fourth-order valence-electron chi connectivity index (χ4n) is 3.05. The minimum absolute atomic E-state index is 0.116. The van der Waals surface area contributed by atoms with Gasteiger partial charge < -0.3 is 21.0 Å². The van der Waals surface area contributed by atoms with Gasteiger partial charge in [0.25, 0.3) is 11.8 Å². The standard InChI is InChI=1S/C14H13N5O5S2/c1-4-5-2-25-12-8(11(21)19(12)9(5)13(22)24-4)17-10(20)7(18-23)6-3-26-14(15)16-6/h3-4,8,12,23H,2H2,1H3,(H2,15,16)(H,17,20)/t4?,8-,12-/m1/s1. The first-order valence-corrected chi connectivity index (χ1v) is 9.48. The van der Waals surface area contributed by atoms with E-state index in [0.717, 1.165) is 16.9 Å². The Morgan fingerprint density at radius 1 is 1.54 bits per heavy atom. The van der Waals surface area contributed by atoms with Gasteiger partial charge in [-0.05, 0) is 6.92 Å². The van der Waals surface area contributed by atoms with E-state index < -0.39 is 29.2 Å². The quantitative estimate of drug-likeness (QED) is 0.204. The van der Waals surface area contributed by atoms with Crippen molar-refractivity contribution in [3.05, 3.63) is 22.3 Å². The zero-order valence-electron chi connectivity index (χ0n) is 13.3. The number of amides is 2. The Hall–Kier alpha value is -2.60. The van der Waals surface area contributed by atoms with Gasteiger partial charge in [-0.3, -0.25) is 14.5 Å². The molecule has 12 heteroatoms. The van der Waals surface area contributed by atoms with Crippen LogP contribution in [0.1, 0.15) is 12.6 Å². The van der Waals surface area contributed by atoms with Crippen LogP contribution in [0.2, 0.25) is 0 Å². The Morgan fingerprint density at radius 3 is 2.96 bits per heavy atom. The van der Waals surface area contributed by atoms with Gasteiger partial charge in [-0.2, -0.15) is 0 Å². The molecule has 0 bridgehead atoms. The Balaban J connectivity index is 1.51. The highest BCUT2D eigenvalue weighted by Crippen LogP contribution is 2.44. The van der Waals surface area contributed by atoms with Crippen LogP contribution in [0.4, 0.5) is 5.13 Å². The lowest BCUT2D eigenvalue weighted by Gasteiger charge is -2.48. The molecule has 1 saturated heterocycles. The molecule has 3 aliphatic heterocycles. The lowest BCUT2D eigenvalue weighted by molar-refractivity contribution is -0.151. The monoisotopic (exact) mass is 395 g/mol. The molecule has 4 heterocycles. The van der Waals surface area contributed by atoms with E-state index in [-0.39, 0.29) is 28.3 Å². The number of fused-ring (bicyclic) bond motifs is 2. The average Bonchev–Trinajstić information content (AvgIpc) is 3.15. The van der Waals surface area contributed by atoms with Crippen LogP contribution in [0.5, 0.6) is 0 Å². The molecule has 2 amide bonds. The summed E-state index contributed by atoms with van der Waals surface area (Å²) in [6.07, 6.45) is -0.351. The maximum Gasteiger partial charge on any atom is 0.355 e. The van der Waals surface area contributed by atoms with Gasteiger partial charge >= 0.3 is 5.97 Å². The zero-order chi connectivity index (χ0) is 18.6. The Kier molecular flexibility index (Phi) is 3.88. The van der Waals surface area contributed by atoms with Crippen molar-refractivity contribution in [2.45, 2.75) is 24.4 Å². The number of oxime groups is 1. The van der Waals surface area contributed by atoms with E-state index in [9.17, 15) is 14.4 Å². The molecule has 1 aromatic heterocycles. The molecule has 3 aliphatic rings. The first-order valence-electron chi connectivity index (χ1n) is 7.55. The van der Waals surface area contributed by atoms with Crippen molar-refractivity contribution >= 4 is 51.7 Å². The van der Waals surface area contributed by atoms with Gasteiger partial charge in [-0.25, -0.2) is 9.78 Å². The smallest absolute Gasteiger partial charge is 0.355 e. The normalized spacial score (nSPS) is 27.7. The molecule has 0 saturated carbocycles. The number of nitrogen functional groups attached to an aromatic ring is 1. The summed E-state index contributed by atoms with van der Waals surface area (Å²) < 4.78 is 5.16. The lowest BCUT2D eigenvalue weighted by atomic mass is 10.0. The Bertz CT molecular complexity index is 894. The summed E-state index contributed by atoms with van der Waals surface area (Å²) in [5.41, 5.74) is 6.36. The lowest BCUT2D eigenvalue weighted by Crippen LogP contribution is -2.70. The van der Waals surface area contributed by atoms with Crippen molar-refractivity contribution in [3.8, 4) is 0 Å². The molecular weight excluding hydrogens is 382 g/mol. The molecule has 3 atom stereocenters. The van der Waals surface area contributed by atoms with Crippen molar-refractivity contribution < 1.29 is 24.3 Å². The number of β-lactam (4-membered cyclic amide) rings is 1. The number of nitrogens with two attached hydrogens (primary N) is 1. The number of thioether (sulfide) groups is 1. The maximum atomic E-state index is 12.5. The van der Waals surface area contributed by atoms with Crippen LogP contribution in [-0.4, -0.2) is 61.9 Å². The maximum absolute atomic E-state index is 12.5. The van der Waals surface area contributed by atoms with Crippen molar-refractivity contribution in [1.82, 2.24) is 15.2 Å². The molecule has 0 radical (unpaired) electrons. The van der Waals surface area contributed by atoms with E-state index in [2.05, 4.69) is 15.5 Å². The van der Waals surface area contributed by atoms with Gasteiger partial charge in [0.1, 0.15) is 28.9 Å². The summed E-state index contributed by atoms with van der Waals surface area (Å²) in [4.78, 5) is 42.1. The zero-order valence-corrected chi connectivity index (χ0v) is 15.0. The number of anilines is 1. The number of cyclic esters (lactones) is 1. The van der Waals surface area contributed by atoms with Crippen LogP contribution < -0.4 is 11.1 Å². The van der Waals surface area contributed by atoms with Crippen LogP contribution in [0, 0.1) is 0 Å². The number of thiazole rings is 1. The van der Waals surface area contributed by atoms with Gasteiger partial charge in [0.15, 0.2) is 10.8 Å². The molecular formula is C14H13N5O5S2. The second-order valence-corrected chi connectivity index (χ2v) is 7.80. The molecule has 0 aromatic carbocycles. The van der Waals surface area contributed by atoms with E-state index in [1.807, 2.05) is 0 Å². The third-order valence-electron chi connectivity index (χ3n) is 4.33. The molecule has 1 aromatic rings. The molecule has 0 spiro atoms. The highest BCUT2D eigenvalue weighted by atomic mass is 32.2. The predicted molar refractivity (Wildman–Crippen MR) is 92.5 cm³/mol. The van der Waals surface area contributed by atoms with Crippen molar-refractivity contribution in [1.29, 1.82) is 0 Å². The number of hydrogen-bond acceptors (Lipinski definition) is 10. The molecule has 10 nitrogen and oxygen atoms in total. The van der Waals surface area contributed by atoms with Crippen LogP contribution in [0.3, 0.4) is 0 Å². The second-order valence-electron chi connectivity index (χ2n) is 5.80. The number of nitrogens with zero attached hydrogens (tertiary/aromatic N) is 3. The van der Waals surface area contributed by atoms with Crippen molar-refractivity contribution in [3.63, 3.8) is 0 Å².